The van der Waals surface area contributed by atoms with E-state index >= 15 is 0 Å². The second kappa shape index (κ2) is 9.50. The van der Waals surface area contributed by atoms with E-state index in [1.807, 2.05) is 6.07 Å². The molecule has 0 fully saturated rings. The van der Waals surface area contributed by atoms with Crippen LogP contribution in [0.25, 0.3) is 0 Å². The number of thioether (sulfide) groups is 1. The molecule has 1 rings (SSSR count). The summed E-state index contributed by atoms with van der Waals surface area (Å²) in [7, 11) is 0. The Balaban J connectivity index is 2.59. The molecule has 0 aromatic heterocycles. The molecule has 0 bridgehead atoms. The molecule has 0 aliphatic rings. The van der Waals surface area contributed by atoms with E-state index in [-0.39, 0.29) is 19.1 Å². The highest BCUT2D eigenvalue weighted by atomic mass is 35.5. The lowest BCUT2D eigenvalue weighted by Gasteiger charge is -2.17. The quantitative estimate of drug-likeness (QED) is 0.409. The number of nitrogens with one attached hydrogen (secondary N) is 1. The number of carbonyl (C=O) groups is 2. The van der Waals surface area contributed by atoms with Gasteiger partial charge in [0.2, 0.25) is 5.91 Å². The number of hydrogen-bond acceptors (Lipinski definition) is 4. The van der Waals surface area contributed by atoms with Gasteiger partial charge in [0.05, 0.1) is 23.5 Å². The molecular weight excluding hydrogens is 326 g/mol. The van der Waals surface area contributed by atoms with Crippen molar-refractivity contribution in [2.75, 3.05) is 13.2 Å². The van der Waals surface area contributed by atoms with Crippen LogP contribution < -0.4 is 5.32 Å². The van der Waals surface area contributed by atoms with Crippen molar-refractivity contribution in [3.05, 3.63) is 41.9 Å². The third-order valence-corrected chi connectivity index (χ3v) is 4.26. The molecule has 7 heteroatoms. The number of halogens is 1. The first-order chi connectivity index (χ1) is 10.5. The summed E-state index contributed by atoms with van der Waals surface area (Å²) < 4.78 is 5.08. The number of carbonyl (C=O) groups excluding carboxylic acids is 1. The lowest BCUT2D eigenvalue weighted by molar-refractivity contribution is -0.143. The molecule has 5 nitrogen and oxygen atoms in total. The van der Waals surface area contributed by atoms with Gasteiger partial charge in [-0.25, -0.2) is 4.79 Å². The van der Waals surface area contributed by atoms with Crippen molar-refractivity contribution in [2.24, 2.45) is 0 Å². The maximum absolute atomic E-state index is 12.1. The average Bonchev–Trinajstić information content (AvgIpc) is 2.48. The monoisotopic (exact) mass is 343 g/mol. The molecule has 120 valence electrons. The van der Waals surface area contributed by atoms with E-state index in [4.69, 9.17) is 21.4 Å². The van der Waals surface area contributed by atoms with Crippen molar-refractivity contribution in [2.45, 2.75) is 23.1 Å². The van der Waals surface area contributed by atoms with Gasteiger partial charge in [0.25, 0.3) is 0 Å². The highest BCUT2D eigenvalue weighted by Crippen LogP contribution is 2.29. The van der Waals surface area contributed by atoms with Crippen molar-refractivity contribution in [1.29, 1.82) is 0 Å². The summed E-state index contributed by atoms with van der Waals surface area (Å²) in [6, 6.07) is 6.06. The van der Waals surface area contributed by atoms with Crippen molar-refractivity contribution in [1.82, 2.24) is 5.32 Å². The van der Waals surface area contributed by atoms with Crippen LogP contribution in [-0.2, 0) is 14.3 Å². The Labute approximate surface area is 138 Å². The summed E-state index contributed by atoms with van der Waals surface area (Å²) in [6.45, 7) is 5.27. The highest BCUT2D eigenvalue weighted by Gasteiger charge is 2.24. The third kappa shape index (κ3) is 6.09. The van der Waals surface area contributed by atoms with Crippen LogP contribution in [0.3, 0.4) is 0 Å². The molecule has 0 aliphatic heterocycles. The molecule has 2 N–H and O–H groups in total. The smallest absolute Gasteiger partial charge is 0.328 e. The predicted octanol–water partition coefficient (Wildman–Crippen LogP) is 2.59. The molecule has 0 heterocycles. The van der Waals surface area contributed by atoms with Crippen molar-refractivity contribution < 1.29 is 19.4 Å². The summed E-state index contributed by atoms with van der Waals surface area (Å²) in [4.78, 5) is 24.0. The third-order valence-electron chi connectivity index (χ3n) is 2.64. The zero-order valence-corrected chi connectivity index (χ0v) is 13.7. The molecule has 1 amide bonds. The Morgan fingerprint density at radius 1 is 1.50 bits per heavy atom. The summed E-state index contributed by atoms with van der Waals surface area (Å²) in [5.74, 6) is -1.54. The number of benzene rings is 1. The molecule has 22 heavy (non-hydrogen) atoms. The van der Waals surface area contributed by atoms with Gasteiger partial charge in [-0.1, -0.05) is 29.8 Å². The van der Waals surface area contributed by atoms with Crippen LogP contribution in [0.5, 0.6) is 0 Å². The largest absolute Gasteiger partial charge is 0.480 e. The molecular formula is C15H18ClNO4S. The Morgan fingerprint density at radius 2 is 2.18 bits per heavy atom. The van der Waals surface area contributed by atoms with E-state index < -0.39 is 17.3 Å². The van der Waals surface area contributed by atoms with E-state index in [0.29, 0.717) is 5.02 Å². The molecule has 0 saturated carbocycles. The molecule has 0 radical (unpaired) electrons. The average molecular weight is 344 g/mol. The maximum atomic E-state index is 12.1. The summed E-state index contributed by atoms with van der Waals surface area (Å²) in [5, 5.41) is 11.6. The fraction of sp³-hybridized carbons (Fsp3) is 0.333. The van der Waals surface area contributed by atoms with Gasteiger partial charge in [0.1, 0.15) is 0 Å². The lowest BCUT2D eigenvalue weighted by Crippen LogP contribution is -2.46. The Hall–Kier alpha value is -1.50. The second-order valence-corrected chi connectivity index (χ2v) is 6.21. The zero-order valence-electron chi connectivity index (χ0n) is 12.1. The number of carboxylic acid groups (broad SMARTS) is 1. The van der Waals surface area contributed by atoms with E-state index in [9.17, 15) is 9.59 Å². The van der Waals surface area contributed by atoms with Crippen LogP contribution in [0.4, 0.5) is 0 Å². The molecule has 2 unspecified atom stereocenters. The van der Waals surface area contributed by atoms with Crippen LogP contribution in [0.15, 0.2) is 41.8 Å². The predicted molar refractivity (Wildman–Crippen MR) is 87.4 cm³/mol. The second-order valence-electron chi connectivity index (χ2n) is 4.42. The first-order valence-electron chi connectivity index (χ1n) is 6.58. The zero-order chi connectivity index (χ0) is 16.5. The molecule has 0 saturated heterocycles. The minimum Gasteiger partial charge on any atom is -0.480 e. The van der Waals surface area contributed by atoms with Gasteiger partial charge in [0.15, 0.2) is 6.04 Å². The standard InChI is InChI=1S/C15H18ClNO4S/c1-3-8-21-9-12(15(19)20)17-14(18)10(2)22-13-7-5-4-6-11(13)16/h3-7,10,12H,1,8-9H2,2H3,(H,17,18)(H,19,20). The van der Waals surface area contributed by atoms with Crippen LogP contribution in [-0.4, -0.2) is 41.5 Å². The SMILES string of the molecule is C=CCOCC(NC(=O)C(C)Sc1ccccc1Cl)C(=O)O. The van der Waals surface area contributed by atoms with E-state index in [1.54, 1.807) is 25.1 Å². The number of ether oxygens (including phenoxy) is 1. The minimum absolute atomic E-state index is 0.115. The van der Waals surface area contributed by atoms with Gasteiger partial charge in [-0.15, -0.1) is 18.3 Å². The van der Waals surface area contributed by atoms with E-state index in [1.165, 1.54) is 17.8 Å². The number of rotatable bonds is 9. The van der Waals surface area contributed by atoms with Crippen molar-refractivity contribution >= 4 is 35.2 Å². The fourth-order valence-electron chi connectivity index (χ4n) is 1.52. The van der Waals surface area contributed by atoms with E-state index in [0.717, 1.165) is 4.90 Å². The molecule has 2 atom stereocenters. The Kier molecular flexibility index (Phi) is 8.01. The summed E-state index contributed by atoms with van der Waals surface area (Å²) in [6.07, 6.45) is 1.51. The molecule has 0 aliphatic carbocycles. The normalized spacial score (nSPS) is 13.2. The number of aliphatic carboxylic acids is 1. The molecule has 0 spiro atoms. The van der Waals surface area contributed by atoms with Gasteiger partial charge in [-0.3, -0.25) is 4.79 Å². The first-order valence-corrected chi connectivity index (χ1v) is 7.84. The number of carboxylic acids is 1. The minimum atomic E-state index is -1.15. The highest BCUT2D eigenvalue weighted by molar-refractivity contribution is 8.00. The lowest BCUT2D eigenvalue weighted by atomic mass is 10.3. The van der Waals surface area contributed by atoms with Crippen LogP contribution >= 0.6 is 23.4 Å². The summed E-state index contributed by atoms with van der Waals surface area (Å²) in [5.41, 5.74) is 0. The number of amides is 1. The molecule has 1 aromatic carbocycles. The Morgan fingerprint density at radius 3 is 2.77 bits per heavy atom. The van der Waals surface area contributed by atoms with Crippen LogP contribution in [0.1, 0.15) is 6.92 Å². The van der Waals surface area contributed by atoms with Crippen LogP contribution in [0, 0.1) is 0 Å². The van der Waals surface area contributed by atoms with Gasteiger partial charge in [0, 0.05) is 4.90 Å². The van der Waals surface area contributed by atoms with Gasteiger partial charge in [-0.2, -0.15) is 0 Å². The van der Waals surface area contributed by atoms with Crippen molar-refractivity contribution in [3.8, 4) is 0 Å². The fourth-order valence-corrected chi connectivity index (χ4v) is 2.68. The Bertz CT molecular complexity index is 538. The van der Waals surface area contributed by atoms with Gasteiger partial charge >= 0.3 is 5.97 Å². The van der Waals surface area contributed by atoms with Gasteiger partial charge < -0.3 is 15.2 Å². The van der Waals surface area contributed by atoms with Crippen LogP contribution in [0.2, 0.25) is 5.02 Å². The van der Waals surface area contributed by atoms with E-state index in [2.05, 4.69) is 11.9 Å². The summed E-state index contributed by atoms with van der Waals surface area (Å²) >= 11 is 7.30. The topological polar surface area (TPSA) is 75.6 Å². The first kappa shape index (κ1) is 18.5. The molecule has 1 aromatic rings. The maximum Gasteiger partial charge on any atom is 0.328 e. The van der Waals surface area contributed by atoms with Gasteiger partial charge in [-0.05, 0) is 19.1 Å². The number of hydrogen-bond donors (Lipinski definition) is 2. The van der Waals surface area contributed by atoms with Crippen molar-refractivity contribution in [3.63, 3.8) is 0 Å².